The molecule has 1 aliphatic heterocycles. The molecule has 0 fully saturated rings. The number of methoxy groups -OCH3 is 2. The highest BCUT2D eigenvalue weighted by atomic mass is 32.1. The molecule has 0 bridgehead atoms. The SMILES string of the molecule is CC[C@@H]1c2cccn2-c2sc3c(c2CN1C(=O)Nc1cc(OC)ccc1OC)CCCC3. The van der Waals surface area contributed by atoms with Gasteiger partial charge in [0.1, 0.15) is 16.5 Å². The minimum absolute atomic E-state index is 0.0135. The third-order valence-electron chi connectivity index (χ3n) is 6.60. The number of hydrogen-bond donors (Lipinski definition) is 1. The maximum Gasteiger partial charge on any atom is 0.322 e. The van der Waals surface area contributed by atoms with Crippen LogP contribution in [0.4, 0.5) is 10.5 Å². The molecular weight excluding hydrogens is 422 g/mol. The molecule has 1 atom stereocenters. The van der Waals surface area contributed by atoms with Crippen LogP contribution in [0.15, 0.2) is 36.5 Å². The molecule has 1 aromatic carbocycles. The molecule has 32 heavy (non-hydrogen) atoms. The van der Waals surface area contributed by atoms with Gasteiger partial charge in [0.25, 0.3) is 0 Å². The number of hydrogen-bond acceptors (Lipinski definition) is 4. The lowest BCUT2D eigenvalue weighted by atomic mass is 9.95. The Balaban J connectivity index is 1.55. The minimum atomic E-state index is -0.125. The summed E-state index contributed by atoms with van der Waals surface area (Å²) < 4.78 is 13.1. The monoisotopic (exact) mass is 451 g/mol. The van der Waals surface area contributed by atoms with E-state index in [9.17, 15) is 4.79 Å². The van der Waals surface area contributed by atoms with Crippen LogP contribution in [0, 0.1) is 0 Å². The summed E-state index contributed by atoms with van der Waals surface area (Å²) in [7, 11) is 3.22. The van der Waals surface area contributed by atoms with Crippen LogP contribution in [0.3, 0.4) is 0 Å². The van der Waals surface area contributed by atoms with Crippen molar-refractivity contribution in [1.82, 2.24) is 9.47 Å². The van der Waals surface area contributed by atoms with Crippen molar-refractivity contribution in [1.29, 1.82) is 0 Å². The Morgan fingerprint density at radius 1 is 1.16 bits per heavy atom. The molecule has 5 rings (SSSR count). The van der Waals surface area contributed by atoms with E-state index in [0.717, 1.165) is 25.0 Å². The highest BCUT2D eigenvalue weighted by molar-refractivity contribution is 7.15. The van der Waals surface area contributed by atoms with Gasteiger partial charge in [0.2, 0.25) is 0 Å². The first-order chi connectivity index (χ1) is 15.6. The Labute approximate surface area is 192 Å². The normalized spacial score (nSPS) is 17.1. The zero-order chi connectivity index (χ0) is 22.2. The van der Waals surface area contributed by atoms with Crippen molar-refractivity contribution in [3.05, 3.63) is 58.2 Å². The van der Waals surface area contributed by atoms with Gasteiger partial charge in [-0.1, -0.05) is 6.92 Å². The van der Waals surface area contributed by atoms with E-state index in [4.69, 9.17) is 9.47 Å². The molecule has 168 valence electrons. The highest BCUT2D eigenvalue weighted by Crippen LogP contribution is 2.43. The number of aryl methyl sites for hydroxylation is 1. The lowest BCUT2D eigenvalue weighted by Crippen LogP contribution is -2.37. The van der Waals surface area contributed by atoms with E-state index < -0.39 is 0 Å². The van der Waals surface area contributed by atoms with Gasteiger partial charge in [-0.15, -0.1) is 11.3 Å². The average molecular weight is 452 g/mol. The number of benzene rings is 1. The van der Waals surface area contributed by atoms with Crippen LogP contribution in [0.5, 0.6) is 11.5 Å². The van der Waals surface area contributed by atoms with E-state index in [1.807, 2.05) is 28.4 Å². The van der Waals surface area contributed by atoms with E-state index in [1.54, 1.807) is 20.3 Å². The van der Waals surface area contributed by atoms with Crippen LogP contribution in [0.1, 0.15) is 53.9 Å². The Hall–Kier alpha value is -2.93. The van der Waals surface area contributed by atoms with Gasteiger partial charge in [0.05, 0.1) is 32.5 Å². The number of aromatic nitrogens is 1. The second kappa shape index (κ2) is 8.54. The maximum absolute atomic E-state index is 13.7. The van der Waals surface area contributed by atoms with Crippen LogP contribution in [-0.4, -0.2) is 29.7 Å². The largest absolute Gasteiger partial charge is 0.497 e. The maximum atomic E-state index is 13.7. The van der Waals surface area contributed by atoms with Crippen molar-refractivity contribution < 1.29 is 14.3 Å². The first-order valence-corrected chi connectivity index (χ1v) is 12.1. The Bertz CT molecular complexity index is 1150. The summed E-state index contributed by atoms with van der Waals surface area (Å²) in [6.45, 7) is 2.75. The summed E-state index contributed by atoms with van der Waals surface area (Å²) in [6, 6.07) is 9.54. The molecule has 0 radical (unpaired) electrons. The average Bonchev–Trinajstić information content (AvgIpc) is 3.41. The van der Waals surface area contributed by atoms with E-state index >= 15 is 0 Å². The number of anilines is 1. The zero-order valence-corrected chi connectivity index (χ0v) is 19.6. The fourth-order valence-electron chi connectivity index (χ4n) is 5.01. The third-order valence-corrected chi connectivity index (χ3v) is 7.93. The first-order valence-electron chi connectivity index (χ1n) is 11.2. The topological polar surface area (TPSA) is 55.7 Å². The van der Waals surface area contributed by atoms with Gasteiger partial charge >= 0.3 is 6.03 Å². The lowest BCUT2D eigenvalue weighted by molar-refractivity contribution is 0.181. The standard InChI is InChI=1S/C25H29N3O3S/c1-4-20-21-9-7-13-27(21)24-18(17-8-5-6-10-23(17)32-24)15-28(20)25(29)26-19-14-16(30-2)11-12-22(19)31-3/h7,9,11-14,20H,4-6,8,10,15H2,1-3H3,(H,26,29)/t20-/m1/s1. The Kier molecular flexibility index (Phi) is 5.59. The van der Waals surface area contributed by atoms with Crippen LogP contribution >= 0.6 is 11.3 Å². The smallest absolute Gasteiger partial charge is 0.322 e. The summed E-state index contributed by atoms with van der Waals surface area (Å²) in [5.74, 6) is 1.28. The Morgan fingerprint density at radius 3 is 2.78 bits per heavy atom. The molecule has 2 amide bonds. The van der Waals surface area contributed by atoms with Crippen molar-refractivity contribution in [2.45, 2.75) is 51.6 Å². The molecule has 3 aromatic rings. The van der Waals surface area contributed by atoms with Gasteiger partial charge in [0, 0.05) is 28.4 Å². The van der Waals surface area contributed by atoms with Crippen LogP contribution in [0.25, 0.3) is 5.00 Å². The van der Waals surface area contributed by atoms with Gasteiger partial charge < -0.3 is 24.3 Å². The van der Waals surface area contributed by atoms with E-state index in [1.165, 1.54) is 33.8 Å². The molecule has 2 aliphatic rings. The van der Waals surface area contributed by atoms with Crippen molar-refractivity contribution >= 4 is 23.1 Å². The molecule has 0 unspecified atom stereocenters. The fraction of sp³-hybridized carbons (Fsp3) is 0.400. The third kappa shape index (κ3) is 3.45. The fourth-order valence-corrected chi connectivity index (χ4v) is 6.41. The first kappa shape index (κ1) is 20.9. The van der Waals surface area contributed by atoms with Gasteiger partial charge in [-0.05, 0) is 61.9 Å². The van der Waals surface area contributed by atoms with Gasteiger partial charge in [0.15, 0.2) is 0 Å². The molecule has 3 heterocycles. The van der Waals surface area contributed by atoms with Crippen LogP contribution in [-0.2, 0) is 19.4 Å². The number of fused-ring (bicyclic) bond motifs is 5. The minimum Gasteiger partial charge on any atom is -0.497 e. The summed E-state index contributed by atoms with van der Waals surface area (Å²) in [5.41, 5.74) is 4.55. The van der Waals surface area contributed by atoms with Crippen LogP contribution in [0.2, 0.25) is 0 Å². The van der Waals surface area contributed by atoms with Crippen molar-refractivity contribution in [3.8, 4) is 16.5 Å². The number of nitrogens with zero attached hydrogens (tertiary/aromatic N) is 2. The number of carbonyl (C=O) groups is 1. The second-order valence-electron chi connectivity index (χ2n) is 8.35. The van der Waals surface area contributed by atoms with Crippen molar-refractivity contribution in [2.24, 2.45) is 0 Å². The molecule has 6 nitrogen and oxygen atoms in total. The summed E-state index contributed by atoms with van der Waals surface area (Å²) in [4.78, 5) is 17.2. The van der Waals surface area contributed by atoms with Crippen molar-refractivity contribution in [3.63, 3.8) is 0 Å². The number of urea groups is 1. The van der Waals surface area contributed by atoms with Gasteiger partial charge in [-0.25, -0.2) is 4.79 Å². The Morgan fingerprint density at radius 2 is 2.00 bits per heavy atom. The molecule has 0 spiro atoms. The number of rotatable bonds is 4. The highest BCUT2D eigenvalue weighted by Gasteiger charge is 2.34. The number of amides is 2. The predicted octanol–water partition coefficient (Wildman–Crippen LogP) is 5.93. The quantitative estimate of drug-likeness (QED) is 0.535. The molecular formula is C25H29N3O3S. The van der Waals surface area contributed by atoms with E-state index in [0.29, 0.717) is 23.7 Å². The number of carbonyl (C=O) groups excluding carboxylic acids is 1. The molecule has 2 aromatic heterocycles. The lowest BCUT2D eigenvalue weighted by Gasteiger charge is -2.30. The second-order valence-corrected chi connectivity index (χ2v) is 9.43. The predicted molar refractivity (Wildman–Crippen MR) is 127 cm³/mol. The number of thiophene rings is 1. The molecule has 7 heteroatoms. The van der Waals surface area contributed by atoms with E-state index in [2.05, 4.69) is 35.1 Å². The van der Waals surface area contributed by atoms with Gasteiger partial charge in [-0.3, -0.25) is 0 Å². The summed E-state index contributed by atoms with van der Waals surface area (Å²) in [6.07, 6.45) is 7.71. The van der Waals surface area contributed by atoms with E-state index in [-0.39, 0.29) is 12.1 Å². The van der Waals surface area contributed by atoms with Crippen LogP contribution < -0.4 is 14.8 Å². The summed E-state index contributed by atoms with van der Waals surface area (Å²) >= 11 is 1.91. The molecule has 0 saturated heterocycles. The molecule has 1 aliphatic carbocycles. The number of nitrogens with one attached hydrogen (secondary N) is 1. The zero-order valence-electron chi connectivity index (χ0n) is 18.8. The molecule has 1 N–H and O–H groups in total. The molecule has 0 saturated carbocycles. The summed E-state index contributed by atoms with van der Waals surface area (Å²) in [5, 5.41) is 4.38. The van der Waals surface area contributed by atoms with Crippen molar-refractivity contribution in [2.75, 3.05) is 19.5 Å². The van der Waals surface area contributed by atoms with Gasteiger partial charge in [-0.2, -0.15) is 0 Å². The number of ether oxygens (including phenoxy) is 2.